The molecule has 0 aliphatic rings. The first-order valence-corrected chi connectivity index (χ1v) is 19.5. The molecule has 0 spiro atoms. The van der Waals surface area contributed by atoms with Crippen molar-refractivity contribution in [3.8, 4) is 0 Å². The quantitative estimate of drug-likeness (QED) is 0.0588. The molecule has 0 saturated carbocycles. The van der Waals surface area contributed by atoms with Crippen LogP contribution in [0.5, 0.6) is 0 Å². The molecule has 0 aliphatic carbocycles. The van der Waals surface area contributed by atoms with E-state index in [4.69, 9.17) is 13.1 Å². The van der Waals surface area contributed by atoms with Gasteiger partial charge in [0.25, 0.3) is 20.2 Å². The van der Waals surface area contributed by atoms with E-state index in [9.17, 15) is 21.6 Å². The molecule has 254 valence electrons. The third-order valence-electron chi connectivity index (χ3n) is 7.71. The summed E-state index contributed by atoms with van der Waals surface area (Å²) in [4.78, 5) is 12.3. The highest BCUT2D eigenvalue weighted by Crippen LogP contribution is 2.19. The third kappa shape index (κ3) is 16.7. The summed E-state index contributed by atoms with van der Waals surface area (Å²) in [5.41, 5.74) is 1.74. The van der Waals surface area contributed by atoms with Crippen LogP contribution in [0.3, 0.4) is 0 Å². The summed E-state index contributed by atoms with van der Waals surface area (Å²) in [6.07, 6.45) is 17.1. The van der Waals surface area contributed by atoms with Crippen LogP contribution in [0, 0.1) is 13.8 Å². The lowest BCUT2D eigenvalue weighted by molar-refractivity contribution is -0.146. The highest BCUT2D eigenvalue weighted by molar-refractivity contribution is 7.87. The lowest BCUT2D eigenvalue weighted by Crippen LogP contribution is -2.31. The topological polar surface area (TPSA) is 113 Å². The monoisotopic (exact) mass is 666 g/mol. The Hall–Kier alpha value is -2.27. The molecule has 0 amide bonds. The molecule has 0 fully saturated rings. The van der Waals surface area contributed by atoms with E-state index in [0.29, 0.717) is 6.42 Å². The molecule has 45 heavy (non-hydrogen) atoms. The molecule has 1 atom stereocenters. The van der Waals surface area contributed by atoms with Gasteiger partial charge in [0, 0.05) is 6.42 Å². The Morgan fingerprint density at radius 3 is 1.42 bits per heavy atom. The van der Waals surface area contributed by atoms with E-state index >= 15 is 0 Å². The normalized spacial score (nSPS) is 12.7. The van der Waals surface area contributed by atoms with Gasteiger partial charge >= 0.3 is 5.97 Å². The molecular weight excluding hydrogens is 613 g/mol. The summed E-state index contributed by atoms with van der Waals surface area (Å²) in [5.74, 6) is -0.493. The van der Waals surface area contributed by atoms with Gasteiger partial charge in [-0.3, -0.25) is 13.2 Å². The maximum absolute atomic E-state index is 12.9. The van der Waals surface area contributed by atoms with Crippen molar-refractivity contribution in [2.45, 2.75) is 139 Å². The second-order valence-electron chi connectivity index (χ2n) is 11.9. The van der Waals surface area contributed by atoms with E-state index in [1.807, 2.05) is 13.8 Å². The largest absolute Gasteiger partial charge is 0.463 e. The lowest BCUT2D eigenvalue weighted by atomic mass is 10.0. The van der Waals surface area contributed by atoms with Crippen LogP contribution in [0.1, 0.15) is 121 Å². The van der Waals surface area contributed by atoms with E-state index in [-0.39, 0.29) is 16.2 Å². The fourth-order valence-corrected chi connectivity index (χ4v) is 6.87. The van der Waals surface area contributed by atoms with Crippen molar-refractivity contribution < 1.29 is 34.7 Å². The van der Waals surface area contributed by atoms with Gasteiger partial charge in [-0.15, -0.1) is 0 Å². The molecule has 2 rings (SSSR count). The molecule has 0 radical (unpaired) electrons. The summed E-state index contributed by atoms with van der Waals surface area (Å²) >= 11 is 0. The van der Waals surface area contributed by atoms with Crippen LogP contribution in [-0.2, 0) is 38.1 Å². The predicted molar refractivity (Wildman–Crippen MR) is 178 cm³/mol. The van der Waals surface area contributed by atoms with E-state index in [2.05, 4.69) is 6.92 Å². The van der Waals surface area contributed by atoms with Crippen molar-refractivity contribution in [3.05, 3.63) is 59.7 Å². The Morgan fingerprint density at radius 2 is 0.978 bits per heavy atom. The first-order chi connectivity index (χ1) is 21.5. The zero-order valence-corrected chi connectivity index (χ0v) is 29.1. The van der Waals surface area contributed by atoms with E-state index in [1.54, 1.807) is 24.3 Å². The Labute approximate surface area is 272 Å². The number of unbranched alkanes of at least 4 members (excludes halogenated alkanes) is 14. The van der Waals surface area contributed by atoms with Crippen LogP contribution in [0.2, 0.25) is 0 Å². The summed E-state index contributed by atoms with van der Waals surface area (Å²) in [6, 6.07) is 12.1. The number of benzene rings is 2. The molecule has 0 saturated heterocycles. The minimum Gasteiger partial charge on any atom is -0.463 e. The van der Waals surface area contributed by atoms with Crippen molar-refractivity contribution in [2.24, 2.45) is 0 Å². The number of carbonyl (C=O) groups excluding carboxylic acids is 1. The smallest absolute Gasteiger partial charge is 0.305 e. The van der Waals surface area contributed by atoms with Gasteiger partial charge in [0.15, 0.2) is 0 Å². The minimum atomic E-state index is -4.27. The molecule has 2 aromatic rings. The van der Waals surface area contributed by atoms with Crippen LogP contribution in [0.4, 0.5) is 0 Å². The summed E-state index contributed by atoms with van der Waals surface area (Å²) in [7, 11) is -8.46. The predicted octanol–water partition coefficient (Wildman–Crippen LogP) is 8.59. The van der Waals surface area contributed by atoms with Crippen LogP contribution in [-0.4, -0.2) is 42.1 Å². The second-order valence-corrected chi connectivity index (χ2v) is 15.1. The zero-order chi connectivity index (χ0) is 33.0. The molecule has 0 aliphatic heterocycles. The van der Waals surface area contributed by atoms with Gasteiger partial charge in [-0.1, -0.05) is 132 Å². The van der Waals surface area contributed by atoms with E-state index in [1.165, 1.54) is 94.9 Å². The number of carbonyl (C=O) groups is 1. The second kappa shape index (κ2) is 21.5. The van der Waals surface area contributed by atoms with Crippen molar-refractivity contribution in [1.82, 2.24) is 0 Å². The van der Waals surface area contributed by atoms with Crippen LogP contribution < -0.4 is 0 Å². The Kier molecular flexibility index (Phi) is 18.6. The van der Waals surface area contributed by atoms with Gasteiger partial charge in [-0.05, 0) is 44.5 Å². The van der Waals surface area contributed by atoms with Gasteiger partial charge in [-0.2, -0.15) is 16.8 Å². The third-order valence-corrected chi connectivity index (χ3v) is 10.4. The number of hydrogen-bond donors (Lipinski definition) is 0. The molecule has 8 nitrogen and oxygen atoms in total. The zero-order valence-electron chi connectivity index (χ0n) is 27.5. The average Bonchev–Trinajstić information content (AvgIpc) is 3.01. The highest BCUT2D eigenvalue weighted by atomic mass is 32.2. The fraction of sp³-hybridized carbons (Fsp3) is 0.629. The van der Waals surface area contributed by atoms with E-state index < -0.39 is 45.5 Å². The Morgan fingerprint density at radius 1 is 0.578 bits per heavy atom. The molecule has 0 bridgehead atoms. The van der Waals surface area contributed by atoms with Crippen LogP contribution in [0.25, 0.3) is 0 Å². The van der Waals surface area contributed by atoms with Crippen molar-refractivity contribution in [2.75, 3.05) is 13.2 Å². The Balaban J connectivity index is 1.73. The SMILES string of the molecule is CCCCCCCCCCCCCCCCCC(=O)OCC(COS(=O)(=O)c1ccc(C)cc1)OS(=O)(=O)c1ccc(C)cc1. The molecular formula is C35H54O8S2. The van der Waals surface area contributed by atoms with Crippen LogP contribution in [0.15, 0.2) is 58.3 Å². The molecule has 0 N–H and O–H groups in total. The Bertz CT molecular complexity index is 1300. The standard InChI is InChI=1S/C35H54O8S2/c1-4-5-6-7-8-9-10-11-12-13-14-15-16-17-18-19-35(36)41-28-32(43-45(39,40)34-26-22-31(3)23-27-34)29-42-44(37,38)33-24-20-30(2)21-25-33/h20-27,32H,4-19,28-29H2,1-3H3. The van der Waals surface area contributed by atoms with Gasteiger partial charge in [-0.25, -0.2) is 0 Å². The minimum absolute atomic E-state index is 0.0709. The summed E-state index contributed by atoms with van der Waals surface area (Å²) in [6.45, 7) is 4.78. The van der Waals surface area contributed by atoms with Gasteiger partial charge in [0.05, 0.1) is 16.4 Å². The average molecular weight is 667 g/mol. The van der Waals surface area contributed by atoms with Crippen LogP contribution >= 0.6 is 0 Å². The molecule has 0 aromatic heterocycles. The van der Waals surface area contributed by atoms with Gasteiger partial charge < -0.3 is 4.74 Å². The van der Waals surface area contributed by atoms with Gasteiger partial charge in [0.1, 0.15) is 12.7 Å². The highest BCUT2D eigenvalue weighted by Gasteiger charge is 2.26. The number of ether oxygens (including phenoxy) is 1. The van der Waals surface area contributed by atoms with E-state index in [0.717, 1.165) is 30.4 Å². The fourth-order valence-electron chi connectivity index (χ4n) is 4.88. The van der Waals surface area contributed by atoms with Crippen molar-refractivity contribution in [3.63, 3.8) is 0 Å². The van der Waals surface area contributed by atoms with Crippen molar-refractivity contribution >= 4 is 26.2 Å². The van der Waals surface area contributed by atoms with Gasteiger partial charge in [0.2, 0.25) is 0 Å². The first-order valence-electron chi connectivity index (χ1n) is 16.6. The van der Waals surface area contributed by atoms with Crippen molar-refractivity contribution in [1.29, 1.82) is 0 Å². The number of aryl methyl sites for hydroxylation is 2. The molecule has 2 aromatic carbocycles. The molecule has 10 heteroatoms. The first kappa shape index (κ1) is 38.9. The number of hydrogen-bond acceptors (Lipinski definition) is 8. The maximum Gasteiger partial charge on any atom is 0.305 e. The number of esters is 1. The molecule has 1 unspecified atom stereocenters. The number of rotatable bonds is 25. The summed E-state index contributed by atoms with van der Waals surface area (Å²) in [5, 5.41) is 0. The summed E-state index contributed by atoms with van der Waals surface area (Å²) < 4.78 is 66.9. The molecule has 0 heterocycles. The maximum atomic E-state index is 12.9. The lowest BCUT2D eigenvalue weighted by Gasteiger charge is -2.18.